The molecule has 1 amide bonds. The molecule has 29 heavy (non-hydrogen) atoms. The van der Waals surface area contributed by atoms with E-state index in [0.29, 0.717) is 18.7 Å². The maximum atomic E-state index is 13.3. The fourth-order valence-electron chi connectivity index (χ4n) is 4.05. The number of fused-ring (bicyclic) bond motifs is 1. The fraction of sp³-hybridized carbons (Fsp3) is 0.273. The lowest BCUT2D eigenvalue weighted by atomic mass is 10.00. The van der Waals surface area contributed by atoms with E-state index in [0.717, 1.165) is 23.1 Å². The van der Waals surface area contributed by atoms with E-state index in [1.165, 1.54) is 11.3 Å². The lowest BCUT2D eigenvalue weighted by molar-refractivity contribution is -0.130. The van der Waals surface area contributed by atoms with Crippen molar-refractivity contribution in [2.75, 3.05) is 13.2 Å². The van der Waals surface area contributed by atoms with E-state index >= 15 is 0 Å². The number of benzene rings is 1. The molecule has 2 aromatic heterocycles. The summed E-state index contributed by atoms with van der Waals surface area (Å²) in [7, 11) is 0. The molecule has 2 atom stereocenters. The second kappa shape index (κ2) is 7.17. The van der Waals surface area contributed by atoms with E-state index in [2.05, 4.69) is 0 Å². The molecule has 1 fully saturated rings. The highest BCUT2D eigenvalue weighted by Gasteiger charge is 2.46. The van der Waals surface area contributed by atoms with Gasteiger partial charge in [0.15, 0.2) is 11.5 Å². The van der Waals surface area contributed by atoms with E-state index in [-0.39, 0.29) is 17.4 Å². The third-order valence-corrected chi connectivity index (χ3v) is 6.36. The van der Waals surface area contributed by atoms with Crippen LogP contribution in [-0.2, 0) is 9.53 Å². The summed E-state index contributed by atoms with van der Waals surface area (Å²) in [6.45, 7) is 1.00. The Hall–Kier alpha value is -2.90. The van der Waals surface area contributed by atoms with Gasteiger partial charge in [-0.1, -0.05) is 24.3 Å². The average molecular weight is 409 g/mol. The van der Waals surface area contributed by atoms with E-state index in [1.54, 1.807) is 17.0 Å². The minimum Gasteiger partial charge on any atom is -0.503 e. The van der Waals surface area contributed by atoms with Crippen LogP contribution in [0.25, 0.3) is 11.0 Å². The van der Waals surface area contributed by atoms with Gasteiger partial charge >= 0.3 is 0 Å². The number of aliphatic hydroxyl groups is 1. The Balaban J connectivity index is 1.55. The SMILES string of the molecule is O=C(C1=C(O)C(=O)N(CC2CCCO2)C1c1cccs1)c1cc2ccccc2o1. The molecule has 2 aliphatic heterocycles. The second-order valence-corrected chi connectivity index (χ2v) is 8.23. The number of ketones is 1. The Bertz CT molecular complexity index is 1070. The molecule has 1 N–H and O–H groups in total. The third kappa shape index (κ3) is 3.07. The molecule has 1 saturated heterocycles. The molecule has 148 valence electrons. The highest BCUT2D eigenvalue weighted by molar-refractivity contribution is 7.10. The maximum Gasteiger partial charge on any atom is 0.290 e. The maximum absolute atomic E-state index is 13.3. The van der Waals surface area contributed by atoms with Gasteiger partial charge in [0.25, 0.3) is 5.91 Å². The Morgan fingerprint density at radius 3 is 2.83 bits per heavy atom. The van der Waals surface area contributed by atoms with Crippen molar-refractivity contribution in [3.05, 3.63) is 69.8 Å². The van der Waals surface area contributed by atoms with Crippen molar-refractivity contribution in [1.82, 2.24) is 4.90 Å². The van der Waals surface area contributed by atoms with Crippen LogP contribution in [0.4, 0.5) is 0 Å². The molecule has 7 heteroatoms. The Labute approximate surface area is 171 Å². The summed E-state index contributed by atoms with van der Waals surface area (Å²) < 4.78 is 11.4. The number of amides is 1. The zero-order valence-electron chi connectivity index (χ0n) is 15.5. The predicted octanol–water partition coefficient (Wildman–Crippen LogP) is 4.25. The van der Waals surface area contributed by atoms with Crippen molar-refractivity contribution in [2.24, 2.45) is 0 Å². The van der Waals surface area contributed by atoms with Gasteiger partial charge in [0, 0.05) is 23.4 Å². The molecule has 2 aliphatic rings. The zero-order valence-corrected chi connectivity index (χ0v) is 16.4. The molecule has 2 unspecified atom stereocenters. The fourth-order valence-corrected chi connectivity index (χ4v) is 4.90. The number of carbonyl (C=O) groups is 2. The van der Waals surface area contributed by atoms with Gasteiger partial charge in [0.2, 0.25) is 5.78 Å². The molecule has 3 aromatic rings. The number of hydrogen-bond donors (Lipinski definition) is 1. The number of carbonyl (C=O) groups excluding carboxylic acids is 2. The molecule has 0 spiro atoms. The first-order chi connectivity index (χ1) is 14.1. The molecule has 6 nitrogen and oxygen atoms in total. The Morgan fingerprint density at radius 2 is 2.10 bits per heavy atom. The summed E-state index contributed by atoms with van der Waals surface area (Å²) in [5.41, 5.74) is 0.652. The first-order valence-electron chi connectivity index (χ1n) is 9.56. The van der Waals surface area contributed by atoms with Gasteiger partial charge in [-0.2, -0.15) is 0 Å². The molecule has 5 rings (SSSR count). The number of thiophene rings is 1. The molecule has 0 aliphatic carbocycles. The molecular formula is C22H19NO5S. The zero-order chi connectivity index (χ0) is 20.0. The van der Waals surface area contributed by atoms with Crippen LogP contribution in [-0.4, -0.2) is 41.0 Å². The lowest BCUT2D eigenvalue weighted by Gasteiger charge is -2.27. The summed E-state index contributed by atoms with van der Waals surface area (Å²) >= 11 is 1.44. The van der Waals surface area contributed by atoms with Crippen molar-refractivity contribution >= 4 is 34.0 Å². The third-order valence-electron chi connectivity index (χ3n) is 5.43. The van der Waals surface area contributed by atoms with Gasteiger partial charge in [0.05, 0.1) is 17.7 Å². The normalized spacial score (nSPS) is 22.2. The molecule has 0 saturated carbocycles. The van der Waals surface area contributed by atoms with Gasteiger partial charge in [0.1, 0.15) is 5.58 Å². The van der Waals surface area contributed by atoms with Gasteiger partial charge in [-0.05, 0) is 36.4 Å². The number of aliphatic hydroxyl groups excluding tert-OH is 1. The van der Waals surface area contributed by atoms with Gasteiger partial charge in [-0.15, -0.1) is 11.3 Å². The van der Waals surface area contributed by atoms with E-state index in [9.17, 15) is 14.7 Å². The number of ether oxygens (including phenoxy) is 1. The summed E-state index contributed by atoms with van der Waals surface area (Å²) in [6, 6.07) is 12.1. The van der Waals surface area contributed by atoms with E-state index in [1.807, 2.05) is 35.7 Å². The first-order valence-corrected chi connectivity index (χ1v) is 10.4. The van der Waals surface area contributed by atoms with Crippen molar-refractivity contribution in [3.63, 3.8) is 0 Å². The number of Topliss-reactive ketones (excluding diaryl/α,β-unsaturated/α-hetero) is 1. The minimum absolute atomic E-state index is 0.0644. The number of para-hydroxylation sites is 1. The number of furan rings is 1. The number of nitrogens with zero attached hydrogens (tertiary/aromatic N) is 1. The molecule has 0 radical (unpaired) electrons. The van der Waals surface area contributed by atoms with Crippen molar-refractivity contribution in [1.29, 1.82) is 0 Å². The standard InChI is InChI=1S/C22H19NO5S/c24-20(16-11-13-5-1-2-7-15(13)28-16)18-19(17-8-4-10-29-17)23(22(26)21(18)25)12-14-6-3-9-27-14/h1-2,4-5,7-8,10-11,14,19,25H,3,6,9,12H2. The van der Waals surface area contributed by atoms with Crippen LogP contribution in [0.2, 0.25) is 0 Å². The quantitative estimate of drug-likeness (QED) is 0.637. The lowest BCUT2D eigenvalue weighted by Crippen LogP contribution is -2.37. The second-order valence-electron chi connectivity index (χ2n) is 7.25. The van der Waals surface area contributed by atoms with Crippen LogP contribution in [0, 0.1) is 0 Å². The predicted molar refractivity (Wildman–Crippen MR) is 108 cm³/mol. The number of rotatable bonds is 5. The summed E-state index contributed by atoms with van der Waals surface area (Å²) in [5.74, 6) is -1.41. The van der Waals surface area contributed by atoms with E-state index in [4.69, 9.17) is 9.15 Å². The summed E-state index contributed by atoms with van der Waals surface area (Å²) in [6.07, 6.45) is 1.71. The smallest absolute Gasteiger partial charge is 0.290 e. The van der Waals surface area contributed by atoms with Crippen LogP contribution >= 0.6 is 11.3 Å². The highest BCUT2D eigenvalue weighted by atomic mass is 32.1. The molecule has 4 heterocycles. The largest absolute Gasteiger partial charge is 0.503 e. The van der Waals surface area contributed by atoms with Crippen LogP contribution in [0.3, 0.4) is 0 Å². The Kier molecular flexibility index (Phi) is 4.49. The Morgan fingerprint density at radius 1 is 1.24 bits per heavy atom. The van der Waals surface area contributed by atoms with E-state index < -0.39 is 23.5 Å². The van der Waals surface area contributed by atoms with Crippen LogP contribution in [0.15, 0.2) is 63.6 Å². The molecule has 1 aromatic carbocycles. The van der Waals surface area contributed by atoms with Crippen LogP contribution < -0.4 is 0 Å². The monoisotopic (exact) mass is 409 g/mol. The van der Waals surface area contributed by atoms with Gasteiger partial charge in [-0.25, -0.2) is 0 Å². The first kappa shape index (κ1) is 18.1. The molecular weight excluding hydrogens is 390 g/mol. The minimum atomic E-state index is -0.646. The molecule has 0 bridgehead atoms. The van der Waals surface area contributed by atoms with Crippen molar-refractivity contribution < 1.29 is 23.8 Å². The highest BCUT2D eigenvalue weighted by Crippen LogP contribution is 2.41. The van der Waals surface area contributed by atoms with Crippen LogP contribution in [0.5, 0.6) is 0 Å². The summed E-state index contributed by atoms with van der Waals surface area (Å²) in [4.78, 5) is 28.6. The van der Waals surface area contributed by atoms with Crippen molar-refractivity contribution in [2.45, 2.75) is 25.0 Å². The van der Waals surface area contributed by atoms with Crippen LogP contribution in [0.1, 0.15) is 34.3 Å². The number of hydrogen-bond acceptors (Lipinski definition) is 6. The summed E-state index contributed by atoms with van der Waals surface area (Å²) in [5, 5.41) is 13.4. The van der Waals surface area contributed by atoms with Gasteiger partial charge in [-0.3, -0.25) is 9.59 Å². The average Bonchev–Trinajstić information content (AvgIpc) is 3.51. The van der Waals surface area contributed by atoms with Gasteiger partial charge < -0.3 is 19.2 Å². The topological polar surface area (TPSA) is 80.0 Å². The van der Waals surface area contributed by atoms with Crippen molar-refractivity contribution in [3.8, 4) is 0 Å².